The first-order chi connectivity index (χ1) is 8.65. The van der Waals surface area contributed by atoms with E-state index in [-0.39, 0.29) is 6.04 Å². The minimum atomic E-state index is 0.206. The minimum Gasteiger partial charge on any atom is -0.366 e. The van der Waals surface area contributed by atoms with Gasteiger partial charge in [-0.15, -0.1) is 5.10 Å². The lowest BCUT2D eigenvalue weighted by Crippen LogP contribution is -2.21. The van der Waals surface area contributed by atoms with Crippen LogP contribution in [0, 0.1) is 6.92 Å². The molecular weight excluding hydrogens is 248 g/mol. The molecule has 0 bridgehead atoms. The van der Waals surface area contributed by atoms with Crippen LogP contribution in [0.4, 0.5) is 5.95 Å². The smallest absolute Gasteiger partial charge is 0.239 e. The fourth-order valence-corrected chi connectivity index (χ4v) is 2.81. The summed E-state index contributed by atoms with van der Waals surface area (Å²) >= 11 is 6.10. The molecule has 3 rings (SSSR count). The van der Waals surface area contributed by atoms with Crippen molar-refractivity contribution in [1.29, 1.82) is 0 Å². The van der Waals surface area contributed by atoms with Crippen molar-refractivity contribution in [3.63, 3.8) is 0 Å². The zero-order valence-electron chi connectivity index (χ0n) is 10.2. The summed E-state index contributed by atoms with van der Waals surface area (Å²) < 4.78 is 1.96. The molecular formula is C13H15ClN4. The van der Waals surface area contributed by atoms with E-state index < -0.39 is 0 Å². The summed E-state index contributed by atoms with van der Waals surface area (Å²) in [6.07, 6.45) is 3.10. The molecule has 0 fully saturated rings. The number of fused-ring (bicyclic) bond motifs is 1. The molecule has 1 aliphatic heterocycles. The molecule has 0 radical (unpaired) electrons. The van der Waals surface area contributed by atoms with Gasteiger partial charge in [-0.3, -0.25) is 0 Å². The highest BCUT2D eigenvalue weighted by molar-refractivity contribution is 6.30. The summed E-state index contributed by atoms with van der Waals surface area (Å²) in [5.41, 5.74) is 8.14. The standard InChI is InChI=1S/C13H15ClN4/c1-8-5-6-9(14)7-10(8)11-3-2-4-12-16-13(15)17-18(11)12/h5-7,11H,2-4H2,1H3,(H2,15,17). The third kappa shape index (κ3) is 1.86. The van der Waals surface area contributed by atoms with Crippen LogP contribution in [-0.4, -0.2) is 14.8 Å². The molecule has 2 N–H and O–H groups in total. The first-order valence-corrected chi connectivity index (χ1v) is 6.50. The summed E-state index contributed by atoms with van der Waals surface area (Å²) in [4.78, 5) is 4.28. The van der Waals surface area contributed by atoms with Crippen molar-refractivity contribution in [2.75, 3.05) is 5.73 Å². The molecule has 2 heterocycles. The van der Waals surface area contributed by atoms with Crippen LogP contribution >= 0.6 is 11.6 Å². The molecule has 18 heavy (non-hydrogen) atoms. The average molecular weight is 263 g/mol. The maximum absolute atomic E-state index is 6.10. The highest BCUT2D eigenvalue weighted by Gasteiger charge is 2.25. The second-order valence-electron chi connectivity index (χ2n) is 4.74. The molecule has 4 nitrogen and oxygen atoms in total. The molecule has 0 spiro atoms. The fourth-order valence-electron chi connectivity index (χ4n) is 2.63. The Labute approximate surface area is 111 Å². The van der Waals surface area contributed by atoms with Crippen molar-refractivity contribution >= 4 is 17.5 Å². The number of benzene rings is 1. The van der Waals surface area contributed by atoms with E-state index in [2.05, 4.69) is 17.0 Å². The number of halogens is 1. The van der Waals surface area contributed by atoms with Gasteiger partial charge in [0, 0.05) is 11.4 Å². The highest BCUT2D eigenvalue weighted by Crippen LogP contribution is 2.32. The molecule has 1 aromatic heterocycles. The lowest BCUT2D eigenvalue weighted by atomic mass is 9.94. The third-order valence-electron chi connectivity index (χ3n) is 3.49. The van der Waals surface area contributed by atoms with Crippen LogP contribution < -0.4 is 5.73 Å². The lowest BCUT2D eigenvalue weighted by Gasteiger charge is -2.25. The van der Waals surface area contributed by atoms with Crippen LogP contribution in [0.1, 0.15) is 35.8 Å². The number of nitrogen functional groups attached to an aromatic ring is 1. The largest absolute Gasteiger partial charge is 0.366 e. The number of anilines is 1. The van der Waals surface area contributed by atoms with E-state index in [1.807, 2.05) is 22.9 Å². The van der Waals surface area contributed by atoms with Gasteiger partial charge in [0.1, 0.15) is 5.82 Å². The summed E-state index contributed by atoms with van der Waals surface area (Å²) in [6.45, 7) is 2.10. The van der Waals surface area contributed by atoms with Gasteiger partial charge in [-0.25, -0.2) is 4.68 Å². The Kier molecular flexibility index (Phi) is 2.74. The number of nitrogens with zero attached hydrogens (tertiary/aromatic N) is 3. The summed E-state index contributed by atoms with van der Waals surface area (Å²) in [7, 11) is 0. The average Bonchev–Trinajstić information content (AvgIpc) is 2.72. The second-order valence-corrected chi connectivity index (χ2v) is 5.18. The Hall–Kier alpha value is -1.55. The van der Waals surface area contributed by atoms with E-state index in [1.165, 1.54) is 11.1 Å². The monoisotopic (exact) mass is 262 g/mol. The summed E-state index contributed by atoms with van der Waals surface area (Å²) in [5.74, 6) is 1.33. The Balaban J connectivity index is 2.10. The predicted octanol–water partition coefficient (Wildman–Crippen LogP) is 2.75. The van der Waals surface area contributed by atoms with Crippen LogP contribution in [0.25, 0.3) is 0 Å². The normalized spacial score (nSPS) is 18.7. The second kappa shape index (κ2) is 4.28. The lowest BCUT2D eigenvalue weighted by molar-refractivity contribution is 0.411. The van der Waals surface area contributed by atoms with Crippen LogP contribution in [0.5, 0.6) is 0 Å². The molecule has 0 saturated heterocycles. The molecule has 0 amide bonds. The maximum atomic E-state index is 6.10. The number of hydrogen-bond donors (Lipinski definition) is 1. The fraction of sp³-hybridized carbons (Fsp3) is 0.385. The van der Waals surface area contributed by atoms with Crippen LogP contribution in [0.2, 0.25) is 5.02 Å². The zero-order valence-corrected chi connectivity index (χ0v) is 11.0. The van der Waals surface area contributed by atoms with E-state index >= 15 is 0 Å². The number of nitrogens with two attached hydrogens (primary N) is 1. The van der Waals surface area contributed by atoms with Gasteiger partial charge in [0.25, 0.3) is 0 Å². The minimum absolute atomic E-state index is 0.206. The Morgan fingerprint density at radius 2 is 2.28 bits per heavy atom. The van der Waals surface area contributed by atoms with Gasteiger partial charge in [0.2, 0.25) is 5.95 Å². The number of hydrogen-bond acceptors (Lipinski definition) is 3. The molecule has 0 saturated carbocycles. The van der Waals surface area contributed by atoms with E-state index in [1.54, 1.807) is 0 Å². The molecule has 1 atom stereocenters. The number of aryl methyl sites for hydroxylation is 2. The molecule has 1 unspecified atom stereocenters. The van der Waals surface area contributed by atoms with Crippen molar-refractivity contribution in [3.05, 3.63) is 40.2 Å². The van der Waals surface area contributed by atoms with Crippen molar-refractivity contribution in [3.8, 4) is 0 Å². The number of aromatic nitrogens is 3. The van der Waals surface area contributed by atoms with E-state index in [0.29, 0.717) is 5.95 Å². The first-order valence-electron chi connectivity index (χ1n) is 6.12. The van der Waals surface area contributed by atoms with Gasteiger partial charge in [0.15, 0.2) is 0 Å². The third-order valence-corrected chi connectivity index (χ3v) is 3.73. The van der Waals surface area contributed by atoms with E-state index in [0.717, 1.165) is 30.1 Å². The zero-order chi connectivity index (χ0) is 12.7. The molecule has 94 valence electrons. The van der Waals surface area contributed by atoms with Gasteiger partial charge in [-0.1, -0.05) is 17.7 Å². The quantitative estimate of drug-likeness (QED) is 0.860. The summed E-state index contributed by atoms with van der Waals surface area (Å²) in [5, 5.41) is 5.08. The van der Waals surface area contributed by atoms with Crippen molar-refractivity contribution in [2.45, 2.75) is 32.2 Å². The van der Waals surface area contributed by atoms with Crippen LogP contribution in [0.3, 0.4) is 0 Å². The Bertz CT molecular complexity index is 591. The van der Waals surface area contributed by atoms with Gasteiger partial charge in [-0.2, -0.15) is 4.98 Å². The van der Waals surface area contributed by atoms with Crippen molar-refractivity contribution < 1.29 is 0 Å². The Morgan fingerprint density at radius 3 is 3.11 bits per heavy atom. The Morgan fingerprint density at radius 1 is 1.44 bits per heavy atom. The van der Waals surface area contributed by atoms with Gasteiger partial charge in [0.05, 0.1) is 6.04 Å². The predicted molar refractivity (Wildman–Crippen MR) is 71.7 cm³/mol. The SMILES string of the molecule is Cc1ccc(Cl)cc1C1CCCc2nc(N)nn21. The molecule has 0 aliphatic carbocycles. The van der Waals surface area contributed by atoms with Crippen molar-refractivity contribution in [2.24, 2.45) is 0 Å². The first kappa shape index (κ1) is 11.5. The van der Waals surface area contributed by atoms with E-state index in [4.69, 9.17) is 17.3 Å². The molecule has 1 aliphatic rings. The van der Waals surface area contributed by atoms with Crippen LogP contribution in [-0.2, 0) is 6.42 Å². The topological polar surface area (TPSA) is 56.7 Å². The molecule has 1 aromatic carbocycles. The maximum Gasteiger partial charge on any atom is 0.239 e. The van der Waals surface area contributed by atoms with Gasteiger partial charge >= 0.3 is 0 Å². The molecule has 2 aromatic rings. The van der Waals surface area contributed by atoms with Gasteiger partial charge in [-0.05, 0) is 43.0 Å². The number of rotatable bonds is 1. The summed E-state index contributed by atoms with van der Waals surface area (Å²) in [6, 6.07) is 6.19. The van der Waals surface area contributed by atoms with Crippen LogP contribution in [0.15, 0.2) is 18.2 Å². The highest BCUT2D eigenvalue weighted by atomic mass is 35.5. The van der Waals surface area contributed by atoms with E-state index in [9.17, 15) is 0 Å². The van der Waals surface area contributed by atoms with Gasteiger partial charge < -0.3 is 5.73 Å². The van der Waals surface area contributed by atoms with Crippen molar-refractivity contribution in [1.82, 2.24) is 14.8 Å². The molecule has 5 heteroatoms.